The largest absolute Gasteiger partial charge is 0.488 e. The smallest absolute Gasteiger partial charge is 0.335 e. The van der Waals surface area contributed by atoms with Crippen molar-refractivity contribution in [3.05, 3.63) is 83.6 Å². The predicted molar refractivity (Wildman–Crippen MR) is 103 cm³/mol. The highest BCUT2D eigenvalue weighted by Crippen LogP contribution is 2.23. The lowest BCUT2D eigenvalue weighted by Crippen LogP contribution is -2.30. The fourth-order valence-electron chi connectivity index (χ4n) is 2.66. The minimum Gasteiger partial charge on any atom is -0.488 e. The van der Waals surface area contributed by atoms with E-state index in [2.05, 4.69) is 11.9 Å². The van der Waals surface area contributed by atoms with E-state index in [-0.39, 0.29) is 24.4 Å². The van der Waals surface area contributed by atoms with Crippen LogP contribution in [0.1, 0.15) is 21.5 Å². The van der Waals surface area contributed by atoms with Crippen LogP contribution in [0, 0.1) is 0 Å². The zero-order valence-corrected chi connectivity index (χ0v) is 14.9. The number of hydrogen-bond acceptors (Lipinski definition) is 4. The third-order valence-corrected chi connectivity index (χ3v) is 4.09. The van der Waals surface area contributed by atoms with Crippen molar-refractivity contribution in [3.63, 3.8) is 0 Å². The highest BCUT2D eigenvalue weighted by atomic mass is 16.5. The van der Waals surface area contributed by atoms with Crippen LogP contribution >= 0.6 is 0 Å². The van der Waals surface area contributed by atoms with Crippen molar-refractivity contribution in [1.82, 2.24) is 10.2 Å². The van der Waals surface area contributed by atoms with Crippen LogP contribution in [-0.4, -0.2) is 34.5 Å². The second kappa shape index (κ2) is 8.22. The van der Waals surface area contributed by atoms with Crippen LogP contribution in [0.4, 0.5) is 4.79 Å². The summed E-state index contributed by atoms with van der Waals surface area (Å²) < 4.78 is 5.82. The van der Waals surface area contributed by atoms with E-state index >= 15 is 0 Å². The van der Waals surface area contributed by atoms with Gasteiger partial charge in [-0.2, -0.15) is 0 Å². The number of carbonyl (C=O) groups is 3. The Morgan fingerprint density at radius 3 is 2.54 bits per heavy atom. The van der Waals surface area contributed by atoms with Crippen LogP contribution in [0.5, 0.6) is 5.75 Å². The van der Waals surface area contributed by atoms with Crippen LogP contribution in [0.2, 0.25) is 0 Å². The van der Waals surface area contributed by atoms with Gasteiger partial charge in [0.1, 0.15) is 18.1 Å². The minimum atomic E-state index is -0.988. The van der Waals surface area contributed by atoms with Gasteiger partial charge >= 0.3 is 12.0 Å². The van der Waals surface area contributed by atoms with E-state index in [9.17, 15) is 14.4 Å². The van der Waals surface area contributed by atoms with Crippen molar-refractivity contribution < 1.29 is 24.2 Å². The number of amides is 3. The van der Waals surface area contributed by atoms with E-state index in [1.54, 1.807) is 42.5 Å². The number of ether oxygens (including phenoxy) is 1. The normalized spacial score (nSPS) is 14.9. The molecule has 0 radical (unpaired) electrons. The Hall–Kier alpha value is -3.87. The summed E-state index contributed by atoms with van der Waals surface area (Å²) in [6, 6.07) is 13.0. The van der Waals surface area contributed by atoms with Gasteiger partial charge in [0.25, 0.3) is 5.91 Å². The standard InChI is InChI=1S/C21H18N2O5/c1-2-11-23-19(24)17(22-21(23)27)12-16-5-3-4-6-18(16)28-13-14-7-9-15(10-8-14)20(25)26/h2-10,12H,1,11,13H2,(H,22,27)(H,25,26)/b17-12+. The number of nitrogens with zero attached hydrogens (tertiary/aromatic N) is 1. The number of carbonyl (C=O) groups excluding carboxylic acids is 2. The van der Waals surface area contributed by atoms with Crippen molar-refractivity contribution >= 4 is 24.0 Å². The molecule has 142 valence electrons. The average molecular weight is 378 g/mol. The summed E-state index contributed by atoms with van der Waals surface area (Å²) in [6.45, 7) is 3.90. The molecule has 0 aliphatic carbocycles. The van der Waals surface area contributed by atoms with Crippen molar-refractivity contribution in [2.24, 2.45) is 0 Å². The molecule has 1 aliphatic rings. The Kier molecular flexibility index (Phi) is 5.55. The monoisotopic (exact) mass is 378 g/mol. The van der Waals surface area contributed by atoms with E-state index in [4.69, 9.17) is 9.84 Å². The van der Waals surface area contributed by atoms with Gasteiger partial charge in [0.2, 0.25) is 0 Å². The first kappa shape index (κ1) is 18.9. The van der Waals surface area contributed by atoms with Crippen molar-refractivity contribution in [3.8, 4) is 5.75 Å². The number of hydrogen-bond donors (Lipinski definition) is 2. The number of benzene rings is 2. The maximum atomic E-state index is 12.3. The molecule has 0 aromatic heterocycles. The molecule has 3 rings (SSSR count). The Morgan fingerprint density at radius 2 is 1.86 bits per heavy atom. The number of carboxylic acids is 1. The van der Waals surface area contributed by atoms with Crippen molar-refractivity contribution in [2.45, 2.75) is 6.61 Å². The summed E-state index contributed by atoms with van der Waals surface area (Å²) in [7, 11) is 0. The van der Waals surface area contributed by atoms with E-state index < -0.39 is 17.9 Å². The topological polar surface area (TPSA) is 95.9 Å². The van der Waals surface area contributed by atoms with Gasteiger partial charge in [0.05, 0.1) is 5.56 Å². The first-order chi connectivity index (χ1) is 13.5. The molecule has 2 aromatic carbocycles. The maximum Gasteiger partial charge on any atom is 0.335 e. The molecule has 28 heavy (non-hydrogen) atoms. The number of imide groups is 1. The number of carboxylic acid groups (broad SMARTS) is 1. The fraction of sp³-hybridized carbons (Fsp3) is 0.0952. The molecule has 0 unspecified atom stereocenters. The molecule has 2 N–H and O–H groups in total. The van der Waals surface area contributed by atoms with Gasteiger partial charge < -0.3 is 15.2 Å². The number of rotatable bonds is 7. The first-order valence-electron chi connectivity index (χ1n) is 8.49. The molecule has 0 spiro atoms. The van der Waals surface area contributed by atoms with Gasteiger partial charge in [-0.15, -0.1) is 6.58 Å². The van der Waals surface area contributed by atoms with Crippen LogP contribution in [0.3, 0.4) is 0 Å². The quantitative estimate of drug-likeness (QED) is 0.439. The molecular weight excluding hydrogens is 360 g/mol. The van der Waals surface area contributed by atoms with Crippen LogP contribution < -0.4 is 10.1 Å². The van der Waals surface area contributed by atoms with E-state index in [0.717, 1.165) is 10.5 Å². The van der Waals surface area contributed by atoms with Crippen LogP contribution in [0.15, 0.2) is 66.9 Å². The van der Waals surface area contributed by atoms with Gasteiger partial charge in [-0.05, 0) is 29.8 Å². The Balaban J connectivity index is 1.76. The number of aromatic carboxylic acids is 1. The zero-order valence-electron chi connectivity index (χ0n) is 14.9. The molecular formula is C21H18N2O5. The van der Waals surface area contributed by atoms with Crippen LogP contribution in [0.25, 0.3) is 6.08 Å². The second-order valence-electron chi connectivity index (χ2n) is 6.02. The van der Waals surface area contributed by atoms with Gasteiger partial charge in [-0.3, -0.25) is 9.69 Å². The van der Waals surface area contributed by atoms with E-state index in [1.807, 2.05) is 0 Å². The molecule has 7 nitrogen and oxygen atoms in total. The molecule has 0 atom stereocenters. The number of nitrogens with one attached hydrogen (secondary N) is 1. The van der Waals surface area contributed by atoms with Gasteiger partial charge in [-0.25, -0.2) is 9.59 Å². The Morgan fingerprint density at radius 1 is 1.14 bits per heavy atom. The molecule has 1 heterocycles. The van der Waals surface area contributed by atoms with E-state index in [0.29, 0.717) is 11.3 Å². The summed E-state index contributed by atoms with van der Waals surface area (Å²) in [5.41, 5.74) is 1.80. The van der Waals surface area contributed by atoms with E-state index in [1.165, 1.54) is 18.2 Å². The third kappa shape index (κ3) is 4.09. The molecule has 3 amide bonds. The Bertz CT molecular complexity index is 963. The highest BCUT2D eigenvalue weighted by Gasteiger charge is 2.32. The summed E-state index contributed by atoms with van der Waals surface area (Å²) >= 11 is 0. The molecule has 0 saturated carbocycles. The summed E-state index contributed by atoms with van der Waals surface area (Å²) in [5, 5.41) is 11.5. The lowest BCUT2D eigenvalue weighted by Gasteiger charge is -2.10. The molecule has 0 bridgehead atoms. The molecule has 1 aliphatic heterocycles. The summed E-state index contributed by atoms with van der Waals surface area (Å²) in [6.07, 6.45) is 3.04. The maximum absolute atomic E-state index is 12.3. The van der Waals surface area contributed by atoms with Gasteiger partial charge in [0, 0.05) is 12.1 Å². The van der Waals surface area contributed by atoms with Gasteiger partial charge in [-0.1, -0.05) is 36.4 Å². The number of urea groups is 1. The molecule has 1 fully saturated rings. The first-order valence-corrected chi connectivity index (χ1v) is 8.49. The molecule has 7 heteroatoms. The lowest BCUT2D eigenvalue weighted by atomic mass is 10.1. The molecule has 2 aromatic rings. The Labute approximate surface area is 161 Å². The predicted octanol–water partition coefficient (Wildman–Crippen LogP) is 3.04. The molecule has 1 saturated heterocycles. The summed E-state index contributed by atoms with van der Waals surface area (Å²) in [5.74, 6) is -0.885. The number of para-hydroxylation sites is 1. The van der Waals surface area contributed by atoms with Crippen molar-refractivity contribution in [2.75, 3.05) is 6.54 Å². The van der Waals surface area contributed by atoms with Crippen LogP contribution in [-0.2, 0) is 11.4 Å². The summed E-state index contributed by atoms with van der Waals surface area (Å²) in [4.78, 5) is 36.2. The highest BCUT2D eigenvalue weighted by molar-refractivity contribution is 6.14. The fourth-order valence-corrected chi connectivity index (χ4v) is 2.66. The average Bonchev–Trinajstić information content (AvgIpc) is 2.95. The third-order valence-electron chi connectivity index (χ3n) is 4.09. The SMILES string of the molecule is C=CCN1C(=O)N/C(=C/c2ccccc2OCc2ccc(C(=O)O)cc2)C1=O. The second-order valence-corrected chi connectivity index (χ2v) is 6.02. The minimum absolute atomic E-state index is 0.131. The lowest BCUT2D eigenvalue weighted by molar-refractivity contribution is -0.122. The van der Waals surface area contributed by atoms with Crippen molar-refractivity contribution in [1.29, 1.82) is 0 Å². The zero-order chi connectivity index (χ0) is 20.1. The van der Waals surface area contributed by atoms with Gasteiger partial charge in [0.15, 0.2) is 0 Å².